The Kier molecular flexibility index (Phi) is 6.35. The highest BCUT2D eigenvalue weighted by molar-refractivity contribution is 14.0. The van der Waals surface area contributed by atoms with E-state index in [0.29, 0.717) is 18.5 Å². The number of likely N-dealkylation sites (tertiary alicyclic amines) is 1. The average molecular weight is 380 g/mol. The van der Waals surface area contributed by atoms with Crippen LogP contribution in [0.15, 0.2) is 4.99 Å². The van der Waals surface area contributed by atoms with Gasteiger partial charge in [-0.25, -0.2) is 0 Å². The molecule has 0 spiro atoms. The quantitative estimate of drug-likeness (QED) is 0.440. The lowest BCUT2D eigenvalue weighted by Crippen LogP contribution is -2.46. The minimum Gasteiger partial charge on any atom is -0.353 e. The van der Waals surface area contributed by atoms with E-state index in [1.54, 1.807) is 7.05 Å². The first-order chi connectivity index (χ1) is 8.63. The maximum Gasteiger partial charge on any atom is 0.222 e. The molecule has 19 heavy (non-hydrogen) atoms. The third-order valence-electron chi connectivity index (χ3n) is 3.84. The fourth-order valence-electron chi connectivity index (χ4n) is 2.39. The SMILES string of the molecule is CCC(=O)N1CCC(NC(=NC)NC2CC2C)C1.I. The van der Waals surface area contributed by atoms with Crippen LogP contribution in [0.2, 0.25) is 0 Å². The van der Waals surface area contributed by atoms with Gasteiger partial charge in [-0.15, -0.1) is 24.0 Å². The van der Waals surface area contributed by atoms with Crippen LogP contribution in [0.25, 0.3) is 0 Å². The lowest BCUT2D eigenvalue weighted by molar-refractivity contribution is -0.129. The zero-order valence-corrected chi connectivity index (χ0v) is 14.3. The van der Waals surface area contributed by atoms with Gasteiger partial charge in [-0.1, -0.05) is 13.8 Å². The molecule has 110 valence electrons. The molecule has 3 unspecified atom stereocenters. The Morgan fingerprint density at radius 1 is 1.42 bits per heavy atom. The summed E-state index contributed by atoms with van der Waals surface area (Å²) in [6.45, 7) is 5.81. The second-order valence-corrected chi connectivity index (χ2v) is 5.36. The number of halogens is 1. The predicted octanol–water partition coefficient (Wildman–Crippen LogP) is 1.19. The topological polar surface area (TPSA) is 56.7 Å². The van der Waals surface area contributed by atoms with Crippen molar-refractivity contribution in [3.05, 3.63) is 0 Å². The number of carbonyl (C=O) groups excluding carboxylic acids is 1. The van der Waals surface area contributed by atoms with Crippen molar-refractivity contribution in [2.75, 3.05) is 20.1 Å². The highest BCUT2D eigenvalue weighted by Gasteiger charge is 2.34. The van der Waals surface area contributed by atoms with Gasteiger partial charge in [-0.05, 0) is 18.8 Å². The van der Waals surface area contributed by atoms with Crippen LogP contribution >= 0.6 is 24.0 Å². The molecule has 6 heteroatoms. The Labute approximate surface area is 132 Å². The van der Waals surface area contributed by atoms with Crippen LogP contribution in [0.4, 0.5) is 0 Å². The molecule has 1 heterocycles. The van der Waals surface area contributed by atoms with Crippen LogP contribution in [0.5, 0.6) is 0 Å². The van der Waals surface area contributed by atoms with Crippen LogP contribution in [-0.4, -0.2) is 49.0 Å². The van der Waals surface area contributed by atoms with Gasteiger partial charge in [0.05, 0.1) is 0 Å². The minimum absolute atomic E-state index is 0. The average Bonchev–Trinajstić information content (AvgIpc) is 2.88. The van der Waals surface area contributed by atoms with Crippen LogP contribution in [-0.2, 0) is 4.79 Å². The fourth-order valence-corrected chi connectivity index (χ4v) is 2.39. The summed E-state index contributed by atoms with van der Waals surface area (Å²) in [7, 11) is 1.80. The van der Waals surface area contributed by atoms with E-state index in [1.807, 2.05) is 11.8 Å². The van der Waals surface area contributed by atoms with Crippen molar-refractivity contribution >= 4 is 35.8 Å². The van der Waals surface area contributed by atoms with E-state index in [9.17, 15) is 4.79 Å². The summed E-state index contributed by atoms with van der Waals surface area (Å²) in [5, 5.41) is 6.82. The molecule has 0 aromatic carbocycles. The summed E-state index contributed by atoms with van der Waals surface area (Å²) in [4.78, 5) is 17.8. The Balaban J connectivity index is 0.00000180. The van der Waals surface area contributed by atoms with Gasteiger partial charge >= 0.3 is 0 Å². The van der Waals surface area contributed by atoms with Gasteiger partial charge in [-0.3, -0.25) is 9.79 Å². The molecule has 0 aromatic heterocycles. The summed E-state index contributed by atoms with van der Waals surface area (Å²) in [5.41, 5.74) is 0. The molecule has 1 aliphatic carbocycles. The van der Waals surface area contributed by atoms with Crippen LogP contribution < -0.4 is 10.6 Å². The van der Waals surface area contributed by atoms with Gasteiger partial charge in [0.15, 0.2) is 5.96 Å². The van der Waals surface area contributed by atoms with Gasteiger partial charge in [-0.2, -0.15) is 0 Å². The molecule has 0 aromatic rings. The first kappa shape index (κ1) is 16.5. The Bertz CT molecular complexity index is 348. The molecular formula is C13H25IN4O. The molecular weight excluding hydrogens is 355 g/mol. The number of nitrogens with zero attached hydrogens (tertiary/aromatic N) is 2. The van der Waals surface area contributed by atoms with Crippen molar-refractivity contribution in [2.45, 2.75) is 45.2 Å². The van der Waals surface area contributed by atoms with Gasteiger partial charge in [0, 0.05) is 38.6 Å². The molecule has 0 radical (unpaired) electrons. The van der Waals surface area contributed by atoms with E-state index in [4.69, 9.17) is 0 Å². The first-order valence-corrected chi connectivity index (χ1v) is 6.91. The van der Waals surface area contributed by atoms with Crippen LogP contribution in [0.1, 0.15) is 33.1 Å². The second kappa shape index (κ2) is 7.31. The number of hydrogen-bond donors (Lipinski definition) is 2. The molecule has 1 saturated carbocycles. The molecule has 2 rings (SSSR count). The van der Waals surface area contributed by atoms with Crippen molar-refractivity contribution in [1.82, 2.24) is 15.5 Å². The number of amides is 1. The monoisotopic (exact) mass is 380 g/mol. The van der Waals surface area contributed by atoms with Gasteiger partial charge in [0.25, 0.3) is 0 Å². The van der Waals surface area contributed by atoms with Crippen molar-refractivity contribution in [3.8, 4) is 0 Å². The van der Waals surface area contributed by atoms with E-state index >= 15 is 0 Å². The molecule has 0 bridgehead atoms. The number of aliphatic imine (C=N–C) groups is 1. The molecule has 2 fully saturated rings. The summed E-state index contributed by atoms with van der Waals surface area (Å²) >= 11 is 0. The van der Waals surface area contributed by atoms with Crippen LogP contribution in [0, 0.1) is 5.92 Å². The maximum atomic E-state index is 11.6. The molecule has 1 saturated heterocycles. The third kappa shape index (κ3) is 4.50. The lowest BCUT2D eigenvalue weighted by Gasteiger charge is -2.18. The zero-order valence-electron chi connectivity index (χ0n) is 12.0. The molecule has 2 N–H and O–H groups in total. The lowest BCUT2D eigenvalue weighted by atomic mass is 10.3. The Morgan fingerprint density at radius 3 is 2.63 bits per heavy atom. The van der Waals surface area contributed by atoms with Crippen molar-refractivity contribution < 1.29 is 4.79 Å². The van der Waals surface area contributed by atoms with Gasteiger partial charge < -0.3 is 15.5 Å². The number of guanidine groups is 1. The number of hydrogen-bond acceptors (Lipinski definition) is 2. The summed E-state index contributed by atoms with van der Waals surface area (Å²) < 4.78 is 0. The maximum absolute atomic E-state index is 11.6. The van der Waals surface area contributed by atoms with Crippen molar-refractivity contribution in [1.29, 1.82) is 0 Å². The molecule has 5 nitrogen and oxygen atoms in total. The smallest absolute Gasteiger partial charge is 0.222 e. The van der Waals surface area contributed by atoms with E-state index in [1.165, 1.54) is 6.42 Å². The third-order valence-corrected chi connectivity index (χ3v) is 3.84. The number of carbonyl (C=O) groups is 1. The van der Waals surface area contributed by atoms with Gasteiger partial charge in [0.2, 0.25) is 5.91 Å². The summed E-state index contributed by atoms with van der Waals surface area (Å²) in [6.07, 6.45) is 2.83. The van der Waals surface area contributed by atoms with Gasteiger partial charge in [0.1, 0.15) is 0 Å². The highest BCUT2D eigenvalue weighted by Crippen LogP contribution is 2.28. The number of rotatable bonds is 3. The molecule has 2 aliphatic rings. The Hall–Kier alpha value is -0.530. The Morgan fingerprint density at radius 2 is 2.11 bits per heavy atom. The van der Waals surface area contributed by atoms with E-state index < -0.39 is 0 Å². The van der Waals surface area contributed by atoms with Crippen molar-refractivity contribution in [3.63, 3.8) is 0 Å². The predicted molar refractivity (Wildman–Crippen MR) is 87.9 cm³/mol. The number of nitrogens with one attached hydrogen (secondary N) is 2. The standard InChI is InChI=1S/C13H24N4O.HI/c1-4-12(18)17-6-5-10(8-17)15-13(14-3)16-11-7-9(11)2;/h9-11H,4-8H2,1-3H3,(H2,14,15,16);1H. The van der Waals surface area contributed by atoms with E-state index in [2.05, 4.69) is 22.5 Å². The molecule has 3 atom stereocenters. The van der Waals surface area contributed by atoms with E-state index in [0.717, 1.165) is 31.4 Å². The summed E-state index contributed by atoms with van der Waals surface area (Å²) in [6, 6.07) is 0.909. The minimum atomic E-state index is 0. The molecule has 1 amide bonds. The summed E-state index contributed by atoms with van der Waals surface area (Å²) in [5.74, 6) is 1.88. The molecule has 1 aliphatic heterocycles. The normalized spacial score (nSPS) is 29.7. The highest BCUT2D eigenvalue weighted by atomic mass is 127. The van der Waals surface area contributed by atoms with Crippen molar-refractivity contribution in [2.24, 2.45) is 10.9 Å². The zero-order chi connectivity index (χ0) is 13.1. The largest absolute Gasteiger partial charge is 0.353 e. The van der Waals surface area contributed by atoms with E-state index in [-0.39, 0.29) is 29.9 Å². The fraction of sp³-hybridized carbons (Fsp3) is 0.846. The van der Waals surface area contributed by atoms with Crippen LogP contribution in [0.3, 0.4) is 0 Å². The first-order valence-electron chi connectivity index (χ1n) is 6.91. The second-order valence-electron chi connectivity index (χ2n) is 5.36.